The SMILES string of the molecule is CCNC(=O)C(CC)N(Cc1ccccc1)C(=O)CCCN(c1ccc2c(c1)OCCO2)S(C)(=O)=O. The summed E-state index contributed by atoms with van der Waals surface area (Å²) in [5.41, 5.74) is 1.37. The number of hydrogen-bond acceptors (Lipinski definition) is 6. The molecule has 0 radical (unpaired) electrons. The fourth-order valence-corrected chi connectivity index (χ4v) is 5.14. The van der Waals surface area contributed by atoms with Gasteiger partial charge in [-0.1, -0.05) is 37.3 Å². The van der Waals surface area contributed by atoms with Crippen molar-refractivity contribution in [3.05, 3.63) is 54.1 Å². The van der Waals surface area contributed by atoms with Gasteiger partial charge in [-0.15, -0.1) is 0 Å². The number of likely N-dealkylation sites (N-methyl/N-ethyl adjacent to an activating group) is 1. The molecule has 0 saturated heterocycles. The number of benzene rings is 2. The number of hydrogen-bond donors (Lipinski definition) is 1. The summed E-state index contributed by atoms with van der Waals surface area (Å²) in [5.74, 6) is 0.664. The number of nitrogens with one attached hydrogen (secondary N) is 1. The Morgan fingerprint density at radius 3 is 2.36 bits per heavy atom. The van der Waals surface area contributed by atoms with Gasteiger partial charge in [-0.05, 0) is 37.5 Å². The standard InChI is InChI=1S/C26H35N3O6S/c1-4-22(26(31)27-5-2)28(19-20-10-7-6-8-11-20)25(30)12-9-15-29(36(3,32)33)21-13-14-23-24(18-21)35-17-16-34-23/h6-8,10-11,13-14,18,22H,4-5,9,12,15-17,19H2,1-3H3,(H,27,31). The smallest absolute Gasteiger partial charge is 0.242 e. The lowest BCUT2D eigenvalue weighted by Crippen LogP contribution is -2.49. The highest BCUT2D eigenvalue weighted by Gasteiger charge is 2.28. The van der Waals surface area contributed by atoms with Gasteiger partial charge < -0.3 is 19.7 Å². The lowest BCUT2D eigenvalue weighted by Gasteiger charge is -2.31. The van der Waals surface area contributed by atoms with Gasteiger partial charge in [-0.2, -0.15) is 0 Å². The Hall–Kier alpha value is -3.27. The van der Waals surface area contributed by atoms with E-state index in [1.54, 1.807) is 23.1 Å². The van der Waals surface area contributed by atoms with Gasteiger partial charge >= 0.3 is 0 Å². The molecule has 36 heavy (non-hydrogen) atoms. The second-order valence-electron chi connectivity index (χ2n) is 8.59. The van der Waals surface area contributed by atoms with E-state index in [1.165, 1.54) is 4.31 Å². The van der Waals surface area contributed by atoms with Crippen molar-refractivity contribution in [3.63, 3.8) is 0 Å². The number of sulfonamides is 1. The molecule has 1 aliphatic rings. The zero-order valence-corrected chi connectivity index (χ0v) is 21.9. The molecule has 1 aliphatic heterocycles. The molecular formula is C26H35N3O6S. The molecule has 10 heteroatoms. The van der Waals surface area contributed by atoms with E-state index in [1.807, 2.05) is 44.2 Å². The summed E-state index contributed by atoms with van der Waals surface area (Å²) >= 11 is 0. The Bertz CT molecular complexity index is 1140. The van der Waals surface area contributed by atoms with Gasteiger partial charge in [0.1, 0.15) is 19.3 Å². The highest BCUT2D eigenvalue weighted by Crippen LogP contribution is 2.34. The molecule has 0 spiro atoms. The third kappa shape index (κ3) is 7.13. The summed E-state index contributed by atoms with van der Waals surface area (Å²) in [6.07, 6.45) is 1.99. The van der Waals surface area contributed by atoms with Crippen LogP contribution in [0.5, 0.6) is 11.5 Å². The lowest BCUT2D eigenvalue weighted by molar-refractivity contribution is -0.141. The second-order valence-corrected chi connectivity index (χ2v) is 10.5. The third-order valence-electron chi connectivity index (χ3n) is 5.90. The molecule has 196 valence electrons. The van der Waals surface area contributed by atoms with Gasteiger partial charge in [0.25, 0.3) is 0 Å². The maximum Gasteiger partial charge on any atom is 0.242 e. The molecular weight excluding hydrogens is 482 g/mol. The van der Waals surface area contributed by atoms with E-state index >= 15 is 0 Å². The van der Waals surface area contributed by atoms with Crippen LogP contribution in [-0.4, -0.2) is 63.7 Å². The fourth-order valence-electron chi connectivity index (χ4n) is 4.18. The molecule has 0 aromatic heterocycles. The molecule has 0 fully saturated rings. The van der Waals surface area contributed by atoms with E-state index in [0.717, 1.165) is 11.8 Å². The Morgan fingerprint density at radius 2 is 1.72 bits per heavy atom. The number of ether oxygens (including phenoxy) is 2. The summed E-state index contributed by atoms with van der Waals surface area (Å²) in [7, 11) is -3.61. The molecule has 3 rings (SSSR count). The summed E-state index contributed by atoms with van der Waals surface area (Å²) in [6.45, 7) is 5.43. The molecule has 2 amide bonds. The van der Waals surface area contributed by atoms with Crippen molar-refractivity contribution in [2.24, 2.45) is 0 Å². The van der Waals surface area contributed by atoms with Gasteiger partial charge in [-0.3, -0.25) is 13.9 Å². The van der Waals surface area contributed by atoms with Crippen LogP contribution < -0.4 is 19.1 Å². The molecule has 2 aromatic carbocycles. The lowest BCUT2D eigenvalue weighted by atomic mass is 10.1. The number of carbonyl (C=O) groups excluding carboxylic acids is 2. The van der Waals surface area contributed by atoms with Gasteiger partial charge in [0.2, 0.25) is 21.8 Å². The first-order chi connectivity index (χ1) is 17.2. The van der Waals surface area contributed by atoms with E-state index in [-0.39, 0.29) is 31.2 Å². The first kappa shape index (κ1) is 27.3. The molecule has 0 saturated carbocycles. The van der Waals surface area contributed by atoms with Crippen molar-refractivity contribution in [2.45, 2.75) is 45.7 Å². The van der Waals surface area contributed by atoms with Crippen LogP contribution in [0, 0.1) is 0 Å². The van der Waals surface area contributed by atoms with E-state index in [9.17, 15) is 18.0 Å². The van der Waals surface area contributed by atoms with Crippen molar-refractivity contribution < 1.29 is 27.5 Å². The summed E-state index contributed by atoms with van der Waals surface area (Å²) in [6, 6.07) is 13.9. The van der Waals surface area contributed by atoms with E-state index < -0.39 is 16.1 Å². The van der Waals surface area contributed by atoms with Crippen LogP contribution in [0.3, 0.4) is 0 Å². The Kier molecular flexibility index (Phi) is 9.58. The van der Waals surface area contributed by atoms with Gasteiger partial charge in [0, 0.05) is 32.1 Å². The monoisotopic (exact) mass is 517 g/mol. The van der Waals surface area contributed by atoms with Crippen LogP contribution in [0.15, 0.2) is 48.5 Å². The highest BCUT2D eigenvalue weighted by molar-refractivity contribution is 7.92. The number of carbonyl (C=O) groups is 2. The Balaban J connectivity index is 1.74. The predicted molar refractivity (Wildman–Crippen MR) is 139 cm³/mol. The molecule has 1 unspecified atom stereocenters. The van der Waals surface area contributed by atoms with Crippen LogP contribution in [0.4, 0.5) is 5.69 Å². The first-order valence-corrected chi connectivity index (χ1v) is 14.1. The summed E-state index contributed by atoms with van der Waals surface area (Å²) in [5, 5.41) is 2.82. The van der Waals surface area contributed by atoms with Gasteiger partial charge in [-0.25, -0.2) is 8.42 Å². The van der Waals surface area contributed by atoms with Crippen molar-refractivity contribution in [1.82, 2.24) is 10.2 Å². The highest BCUT2D eigenvalue weighted by atomic mass is 32.2. The molecule has 2 aromatic rings. The van der Waals surface area contributed by atoms with Gasteiger partial charge in [0.05, 0.1) is 11.9 Å². The van der Waals surface area contributed by atoms with Gasteiger partial charge in [0.15, 0.2) is 11.5 Å². The second kappa shape index (κ2) is 12.6. The maximum absolute atomic E-state index is 13.4. The minimum atomic E-state index is -3.61. The molecule has 0 aliphatic carbocycles. The number of amides is 2. The Morgan fingerprint density at radius 1 is 1.03 bits per heavy atom. The van der Waals surface area contributed by atoms with E-state index in [4.69, 9.17) is 9.47 Å². The summed E-state index contributed by atoms with van der Waals surface area (Å²) in [4.78, 5) is 27.7. The largest absolute Gasteiger partial charge is 0.486 e. The minimum Gasteiger partial charge on any atom is -0.486 e. The van der Waals surface area contributed by atoms with Crippen LogP contribution in [0.1, 0.15) is 38.7 Å². The molecule has 9 nitrogen and oxygen atoms in total. The van der Waals surface area contributed by atoms with Crippen LogP contribution in [-0.2, 0) is 26.2 Å². The van der Waals surface area contributed by atoms with Crippen LogP contribution in [0.2, 0.25) is 0 Å². The van der Waals surface area contributed by atoms with Crippen LogP contribution in [0.25, 0.3) is 0 Å². The maximum atomic E-state index is 13.4. The number of rotatable bonds is 12. The fraction of sp³-hybridized carbons (Fsp3) is 0.462. The Labute approximate surface area is 213 Å². The van der Waals surface area contributed by atoms with Crippen LogP contribution >= 0.6 is 0 Å². The van der Waals surface area contributed by atoms with Crippen molar-refractivity contribution >= 4 is 27.5 Å². The molecule has 1 heterocycles. The minimum absolute atomic E-state index is 0.0965. The number of fused-ring (bicyclic) bond motifs is 1. The van der Waals surface area contributed by atoms with E-state index in [0.29, 0.717) is 49.9 Å². The first-order valence-electron chi connectivity index (χ1n) is 12.2. The third-order valence-corrected chi connectivity index (χ3v) is 7.09. The number of nitrogens with zero attached hydrogens (tertiary/aromatic N) is 2. The average Bonchev–Trinajstić information content (AvgIpc) is 2.86. The topological polar surface area (TPSA) is 105 Å². The number of anilines is 1. The zero-order valence-electron chi connectivity index (χ0n) is 21.1. The van der Waals surface area contributed by atoms with Crippen molar-refractivity contribution in [1.29, 1.82) is 0 Å². The predicted octanol–water partition coefficient (Wildman–Crippen LogP) is 2.95. The summed E-state index contributed by atoms with van der Waals surface area (Å²) < 4.78 is 37.5. The van der Waals surface area contributed by atoms with E-state index in [2.05, 4.69) is 5.32 Å². The van der Waals surface area contributed by atoms with Crippen molar-refractivity contribution in [2.75, 3.05) is 36.9 Å². The molecule has 0 bridgehead atoms. The van der Waals surface area contributed by atoms with Crippen molar-refractivity contribution in [3.8, 4) is 11.5 Å². The quantitative estimate of drug-likeness (QED) is 0.464. The zero-order chi connectivity index (χ0) is 26.1. The average molecular weight is 518 g/mol. The molecule has 1 N–H and O–H groups in total. The normalized spacial score (nSPS) is 13.5. The molecule has 1 atom stereocenters.